The van der Waals surface area contributed by atoms with Gasteiger partial charge >= 0.3 is 0 Å². The van der Waals surface area contributed by atoms with Gasteiger partial charge in [-0.25, -0.2) is 4.39 Å². The Kier molecular flexibility index (Phi) is 2.62. The summed E-state index contributed by atoms with van der Waals surface area (Å²) in [4.78, 5) is 4.50. The zero-order chi connectivity index (χ0) is 9.97. The van der Waals surface area contributed by atoms with Crippen molar-refractivity contribution in [1.29, 1.82) is 0 Å². The molecule has 1 aliphatic rings. The second-order valence-corrected chi connectivity index (χ2v) is 3.94. The first kappa shape index (κ1) is 9.38. The summed E-state index contributed by atoms with van der Waals surface area (Å²) in [5.74, 6) is 0.512. The maximum Gasteiger partial charge on any atom is 0.123 e. The molecule has 1 aliphatic heterocycles. The molecule has 2 heteroatoms. The van der Waals surface area contributed by atoms with Gasteiger partial charge in [-0.3, -0.25) is 4.99 Å². The van der Waals surface area contributed by atoms with Crippen LogP contribution in [0.3, 0.4) is 0 Å². The van der Waals surface area contributed by atoms with Gasteiger partial charge in [-0.15, -0.1) is 0 Å². The van der Waals surface area contributed by atoms with Gasteiger partial charge in [0.15, 0.2) is 0 Å². The fourth-order valence-corrected chi connectivity index (χ4v) is 1.70. The fourth-order valence-electron chi connectivity index (χ4n) is 1.70. The molecule has 1 aromatic carbocycles. The topological polar surface area (TPSA) is 12.4 Å². The molecule has 74 valence electrons. The average molecular weight is 191 g/mol. The van der Waals surface area contributed by atoms with Crippen LogP contribution in [0.4, 0.5) is 4.39 Å². The first-order valence-electron chi connectivity index (χ1n) is 5.05. The van der Waals surface area contributed by atoms with E-state index < -0.39 is 0 Å². The Morgan fingerprint density at radius 1 is 1.29 bits per heavy atom. The SMILES string of the molecule is CC1CCC(c2ccc(F)cc2)=NC1. The van der Waals surface area contributed by atoms with E-state index in [1.54, 1.807) is 0 Å². The van der Waals surface area contributed by atoms with Gasteiger partial charge in [0.2, 0.25) is 0 Å². The molecule has 0 amide bonds. The molecule has 0 N–H and O–H groups in total. The van der Waals surface area contributed by atoms with Gasteiger partial charge in [0.05, 0.1) is 0 Å². The molecule has 1 nitrogen and oxygen atoms in total. The standard InChI is InChI=1S/C12H14FN/c1-9-2-7-12(14-8-9)10-3-5-11(13)6-4-10/h3-6,9H,2,7-8H2,1H3. The number of hydrogen-bond acceptors (Lipinski definition) is 1. The maximum absolute atomic E-state index is 12.7. The molecule has 0 saturated heterocycles. The molecular weight excluding hydrogens is 177 g/mol. The van der Waals surface area contributed by atoms with E-state index in [0.29, 0.717) is 5.92 Å². The van der Waals surface area contributed by atoms with Crippen molar-refractivity contribution < 1.29 is 4.39 Å². The molecule has 0 aliphatic carbocycles. The second kappa shape index (κ2) is 3.91. The normalized spacial score (nSPS) is 21.9. The lowest BCUT2D eigenvalue weighted by Gasteiger charge is -2.17. The summed E-state index contributed by atoms with van der Waals surface area (Å²) in [7, 11) is 0. The first-order valence-corrected chi connectivity index (χ1v) is 5.05. The minimum Gasteiger partial charge on any atom is -0.289 e. The van der Waals surface area contributed by atoms with E-state index in [4.69, 9.17) is 0 Å². The fraction of sp³-hybridized carbons (Fsp3) is 0.417. The minimum atomic E-state index is -0.182. The summed E-state index contributed by atoms with van der Waals surface area (Å²) >= 11 is 0. The summed E-state index contributed by atoms with van der Waals surface area (Å²) in [6, 6.07) is 6.61. The Bertz CT molecular complexity index is 340. The van der Waals surface area contributed by atoms with E-state index in [-0.39, 0.29) is 5.82 Å². The number of halogens is 1. The molecule has 0 fully saturated rings. The Morgan fingerprint density at radius 3 is 2.57 bits per heavy atom. The monoisotopic (exact) mass is 191 g/mol. The average Bonchev–Trinajstić information content (AvgIpc) is 2.21. The summed E-state index contributed by atoms with van der Waals surface area (Å²) in [5.41, 5.74) is 2.20. The summed E-state index contributed by atoms with van der Waals surface area (Å²) in [5, 5.41) is 0. The van der Waals surface area contributed by atoms with Crippen LogP contribution in [0.25, 0.3) is 0 Å². The van der Waals surface area contributed by atoms with Gasteiger partial charge in [-0.1, -0.05) is 19.1 Å². The Balaban J connectivity index is 2.19. The molecule has 1 aromatic rings. The van der Waals surface area contributed by atoms with Crippen LogP contribution < -0.4 is 0 Å². The number of hydrogen-bond donors (Lipinski definition) is 0. The van der Waals surface area contributed by atoms with Crippen LogP contribution in [0.15, 0.2) is 29.3 Å². The van der Waals surface area contributed by atoms with Crippen molar-refractivity contribution in [2.24, 2.45) is 10.9 Å². The third-order valence-corrected chi connectivity index (χ3v) is 2.65. The highest BCUT2D eigenvalue weighted by molar-refractivity contribution is 6.00. The van der Waals surface area contributed by atoms with Crippen LogP contribution in [-0.2, 0) is 0 Å². The molecular formula is C12H14FN. The van der Waals surface area contributed by atoms with E-state index in [1.165, 1.54) is 18.6 Å². The summed E-state index contributed by atoms with van der Waals surface area (Å²) in [6.45, 7) is 3.12. The second-order valence-electron chi connectivity index (χ2n) is 3.94. The van der Waals surface area contributed by atoms with Crippen LogP contribution in [0, 0.1) is 11.7 Å². The van der Waals surface area contributed by atoms with Gasteiger partial charge in [-0.2, -0.15) is 0 Å². The van der Waals surface area contributed by atoms with Crippen LogP contribution in [-0.4, -0.2) is 12.3 Å². The maximum atomic E-state index is 12.7. The van der Waals surface area contributed by atoms with Gasteiger partial charge in [0.1, 0.15) is 5.82 Å². The van der Waals surface area contributed by atoms with Crippen molar-refractivity contribution in [3.8, 4) is 0 Å². The number of nitrogens with zero attached hydrogens (tertiary/aromatic N) is 1. The first-order chi connectivity index (χ1) is 6.75. The van der Waals surface area contributed by atoms with Crippen molar-refractivity contribution >= 4 is 5.71 Å². The lowest BCUT2D eigenvalue weighted by molar-refractivity contribution is 0.538. The van der Waals surface area contributed by atoms with Crippen LogP contribution >= 0.6 is 0 Å². The van der Waals surface area contributed by atoms with Crippen molar-refractivity contribution in [3.63, 3.8) is 0 Å². The lowest BCUT2D eigenvalue weighted by Crippen LogP contribution is -2.14. The zero-order valence-electron chi connectivity index (χ0n) is 8.33. The Hall–Kier alpha value is -1.18. The molecule has 1 unspecified atom stereocenters. The third-order valence-electron chi connectivity index (χ3n) is 2.65. The largest absolute Gasteiger partial charge is 0.289 e. The molecule has 0 aromatic heterocycles. The minimum absolute atomic E-state index is 0.182. The van der Waals surface area contributed by atoms with Gasteiger partial charge in [0.25, 0.3) is 0 Å². The number of benzene rings is 1. The van der Waals surface area contributed by atoms with Gasteiger partial charge < -0.3 is 0 Å². The highest BCUT2D eigenvalue weighted by Gasteiger charge is 2.12. The molecule has 2 rings (SSSR count). The predicted octanol–water partition coefficient (Wildman–Crippen LogP) is 3.04. The molecule has 0 radical (unpaired) electrons. The van der Waals surface area contributed by atoms with Gasteiger partial charge in [-0.05, 0) is 36.5 Å². The van der Waals surface area contributed by atoms with Crippen molar-refractivity contribution in [2.75, 3.05) is 6.54 Å². The number of rotatable bonds is 1. The molecule has 0 bridgehead atoms. The Morgan fingerprint density at radius 2 is 2.00 bits per heavy atom. The van der Waals surface area contributed by atoms with E-state index in [1.807, 2.05) is 12.1 Å². The number of aliphatic imine (C=N–C) groups is 1. The summed E-state index contributed by atoms with van der Waals surface area (Å²) in [6.07, 6.45) is 2.21. The molecule has 1 heterocycles. The Labute approximate surface area is 83.7 Å². The van der Waals surface area contributed by atoms with Crippen molar-refractivity contribution in [3.05, 3.63) is 35.6 Å². The smallest absolute Gasteiger partial charge is 0.123 e. The van der Waals surface area contributed by atoms with Crippen LogP contribution in [0.1, 0.15) is 25.3 Å². The van der Waals surface area contributed by atoms with E-state index in [0.717, 1.165) is 24.2 Å². The quantitative estimate of drug-likeness (QED) is 0.647. The van der Waals surface area contributed by atoms with Crippen molar-refractivity contribution in [2.45, 2.75) is 19.8 Å². The highest BCUT2D eigenvalue weighted by Crippen LogP contribution is 2.17. The van der Waals surface area contributed by atoms with E-state index >= 15 is 0 Å². The highest BCUT2D eigenvalue weighted by atomic mass is 19.1. The van der Waals surface area contributed by atoms with Gasteiger partial charge in [0, 0.05) is 12.3 Å². The zero-order valence-corrected chi connectivity index (χ0v) is 8.33. The predicted molar refractivity (Wildman–Crippen MR) is 56.2 cm³/mol. The van der Waals surface area contributed by atoms with E-state index in [9.17, 15) is 4.39 Å². The molecule has 1 atom stereocenters. The molecule has 0 saturated carbocycles. The van der Waals surface area contributed by atoms with Crippen molar-refractivity contribution in [1.82, 2.24) is 0 Å². The summed E-state index contributed by atoms with van der Waals surface area (Å²) < 4.78 is 12.7. The third kappa shape index (κ3) is 2.00. The van der Waals surface area contributed by atoms with Crippen LogP contribution in [0.5, 0.6) is 0 Å². The molecule has 14 heavy (non-hydrogen) atoms. The molecule has 0 spiro atoms. The van der Waals surface area contributed by atoms with E-state index in [2.05, 4.69) is 11.9 Å². The van der Waals surface area contributed by atoms with Crippen LogP contribution in [0.2, 0.25) is 0 Å². The lowest BCUT2D eigenvalue weighted by atomic mass is 9.96.